The van der Waals surface area contributed by atoms with E-state index in [0.29, 0.717) is 16.7 Å². The van der Waals surface area contributed by atoms with E-state index >= 15 is 0 Å². The number of hydrogen-bond acceptors (Lipinski definition) is 3. The molecule has 5 nitrogen and oxygen atoms in total. The molecule has 1 heterocycles. The van der Waals surface area contributed by atoms with Crippen molar-refractivity contribution in [3.8, 4) is 0 Å². The molecule has 0 saturated heterocycles. The van der Waals surface area contributed by atoms with Gasteiger partial charge in [0, 0.05) is 5.69 Å². The van der Waals surface area contributed by atoms with Crippen LogP contribution >= 0.6 is 0 Å². The van der Waals surface area contributed by atoms with Gasteiger partial charge in [-0.3, -0.25) is 14.2 Å². The number of halogens is 3. The van der Waals surface area contributed by atoms with Crippen molar-refractivity contribution < 1.29 is 18.0 Å². The fraction of sp³-hybridized carbons (Fsp3) is 0.167. The number of anilines is 1. The second-order valence-electron chi connectivity index (χ2n) is 5.69. The number of alkyl halides is 3. The molecule has 0 aliphatic carbocycles. The van der Waals surface area contributed by atoms with E-state index in [0.717, 1.165) is 12.1 Å². The maximum atomic E-state index is 12.7. The molecule has 1 aromatic heterocycles. The third-order valence-electron chi connectivity index (χ3n) is 3.83. The number of para-hydroxylation sites is 1. The van der Waals surface area contributed by atoms with Crippen molar-refractivity contribution in [2.45, 2.75) is 19.6 Å². The van der Waals surface area contributed by atoms with Gasteiger partial charge in [-0.1, -0.05) is 18.2 Å². The summed E-state index contributed by atoms with van der Waals surface area (Å²) in [6.07, 6.45) is -4.50. The first-order chi connectivity index (χ1) is 12.3. The molecule has 2 aromatic carbocycles. The van der Waals surface area contributed by atoms with Gasteiger partial charge in [0.05, 0.1) is 16.5 Å². The van der Waals surface area contributed by atoms with Crippen LogP contribution in [0.2, 0.25) is 0 Å². The molecule has 3 rings (SSSR count). The molecule has 3 aromatic rings. The van der Waals surface area contributed by atoms with E-state index in [1.165, 1.54) is 16.7 Å². The van der Waals surface area contributed by atoms with Gasteiger partial charge in [-0.25, -0.2) is 4.98 Å². The quantitative estimate of drug-likeness (QED) is 0.778. The average Bonchev–Trinajstić information content (AvgIpc) is 2.58. The second-order valence-corrected chi connectivity index (χ2v) is 5.69. The lowest BCUT2D eigenvalue weighted by molar-refractivity contribution is -0.137. The summed E-state index contributed by atoms with van der Waals surface area (Å²) in [5, 5.41) is 2.74. The smallest absolute Gasteiger partial charge is 0.325 e. The van der Waals surface area contributed by atoms with Crippen molar-refractivity contribution in [3.63, 3.8) is 0 Å². The predicted molar refractivity (Wildman–Crippen MR) is 90.8 cm³/mol. The van der Waals surface area contributed by atoms with Gasteiger partial charge in [0.1, 0.15) is 12.4 Å². The number of hydrogen-bond donors (Lipinski definition) is 1. The normalized spacial score (nSPS) is 11.5. The van der Waals surface area contributed by atoms with Gasteiger partial charge in [0.2, 0.25) is 5.91 Å². The van der Waals surface area contributed by atoms with E-state index in [1.807, 2.05) is 0 Å². The first-order valence-corrected chi connectivity index (χ1v) is 7.69. The number of aromatic nitrogens is 2. The molecule has 0 saturated carbocycles. The monoisotopic (exact) mass is 361 g/mol. The Morgan fingerprint density at radius 2 is 1.88 bits per heavy atom. The van der Waals surface area contributed by atoms with Gasteiger partial charge in [-0.15, -0.1) is 0 Å². The highest BCUT2D eigenvalue weighted by Gasteiger charge is 2.30. The summed E-state index contributed by atoms with van der Waals surface area (Å²) in [4.78, 5) is 29.0. The molecular formula is C18H14F3N3O2. The Kier molecular flexibility index (Phi) is 4.50. The van der Waals surface area contributed by atoms with Gasteiger partial charge in [-0.2, -0.15) is 13.2 Å². The molecule has 1 amide bonds. The van der Waals surface area contributed by atoms with Crippen molar-refractivity contribution in [2.24, 2.45) is 0 Å². The zero-order chi connectivity index (χ0) is 18.9. The van der Waals surface area contributed by atoms with Gasteiger partial charge < -0.3 is 5.32 Å². The second kappa shape index (κ2) is 6.62. The standard InChI is InChI=1S/C18H14F3N3O2/c1-11-22-15-8-3-2-7-14(15)17(26)24(11)10-16(25)23-13-6-4-5-12(9-13)18(19,20)21/h2-9H,10H2,1H3,(H,23,25). The average molecular weight is 361 g/mol. The minimum Gasteiger partial charge on any atom is -0.325 e. The highest BCUT2D eigenvalue weighted by molar-refractivity contribution is 5.91. The van der Waals surface area contributed by atoms with E-state index in [2.05, 4.69) is 10.3 Å². The van der Waals surface area contributed by atoms with Gasteiger partial charge in [0.15, 0.2) is 0 Å². The molecule has 0 radical (unpaired) electrons. The van der Waals surface area contributed by atoms with Crippen molar-refractivity contribution >= 4 is 22.5 Å². The molecule has 0 aliphatic rings. The minimum absolute atomic E-state index is 0.00396. The third-order valence-corrected chi connectivity index (χ3v) is 3.83. The van der Waals surface area contributed by atoms with E-state index < -0.39 is 17.6 Å². The Balaban J connectivity index is 1.85. The van der Waals surface area contributed by atoms with Gasteiger partial charge >= 0.3 is 6.18 Å². The summed E-state index contributed by atoms with van der Waals surface area (Å²) in [6, 6.07) is 11.0. The summed E-state index contributed by atoms with van der Waals surface area (Å²) in [7, 11) is 0. The predicted octanol–water partition coefficient (Wildman–Crippen LogP) is 3.36. The van der Waals surface area contributed by atoms with Crippen LogP contribution in [0.4, 0.5) is 18.9 Å². The number of rotatable bonds is 3. The SMILES string of the molecule is Cc1nc2ccccc2c(=O)n1CC(=O)Nc1cccc(C(F)(F)F)c1. The number of amides is 1. The number of aryl methyl sites for hydroxylation is 1. The van der Waals surface area contributed by atoms with E-state index in [-0.39, 0.29) is 17.8 Å². The zero-order valence-corrected chi connectivity index (χ0v) is 13.7. The van der Waals surface area contributed by atoms with E-state index in [9.17, 15) is 22.8 Å². The van der Waals surface area contributed by atoms with Crippen molar-refractivity contribution in [3.05, 3.63) is 70.3 Å². The fourth-order valence-electron chi connectivity index (χ4n) is 2.58. The van der Waals surface area contributed by atoms with Crippen molar-refractivity contribution in [1.29, 1.82) is 0 Å². The molecule has 26 heavy (non-hydrogen) atoms. The number of benzene rings is 2. The van der Waals surface area contributed by atoms with Crippen LogP contribution in [0.15, 0.2) is 53.3 Å². The molecule has 8 heteroatoms. The molecule has 0 fully saturated rings. The number of nitrogens with one attached hydrogen (secondary N) is 1. The molecule has 0 unspecified atom stereocenters. The summed E-state index contributed by atoms with van der Waals surface area (Å²) < 4.78 is 39.4. The van der Waals surface area contributed by atoms with Crippen LogP contribution in [0.1, 0.15) is 11.4 Å². The van der Waals surface area contributed by atoms with Crippen LogP contribution in [-0.4, -0.2) is 15.5 Å². The highest BCUT2D eigenvalue weighted by atomic mass is 19.4. The Hall–Kier alpha value is -3.16. The Bertz CT molecular complexity index is 1040. The van der Waals surface area contributed by atoms with Crippen LogP contribution < -0.4 is 10.9 Å². The van der Waals surface area contributed by atoms with Gasteiger partial charge in [0.25, 0.3) is 5.56 Å². The lowest BCUT2D eigenvalue weighted by Crippen LogP contribution is -2.30. The highest BCUT2D eigenvalue weighted by Crippen LogP contribution is 2.30. The summed E-state index contributed by atoms with van der Waals surface area (Å²) in [5.74, 6) is -0.278. The molecule has 0 atom stereocenters. The summed E-state index contributed by atoms with van der Waals surface area (Å²) >= 11 is 0. The largest absolute Gasteiger partial charge is 0.416 e. The number of carbonyl (C=O) groups is 1. The Labute approximate surface area is 146 Å². The maximum Gasteiger partial charge on any atom is 0.416 e. The molecule has 0 spiro atoms. The summed E-state index contributed by atoms with van der Waals surface area (Å²) in [6.45, 7) is 1.24. The lowest BCUT2D eigenvalue weighted by atomic mass is 10.2. The third kappa shape index (κ3) is 3.58. The van der Waals surface area contributed by atoms with Crippen LogP contribution in [0.25, 0.3) is 10.9 Å². The lowest BCUT2D eigenvalue weighted by Gasteiger charge is -2.12. The number of carbonyl (C=O) groups excluding carboxylic acids is 1. The zero-order valence-electron chi connectivity index (χ0n) is 13.7. The van der Waals surface area contributed by atoms with Crippen molar-refractivity contribution in [1.82, 2.24) is 9.55 Å². The molecule has 1 N–H and O–H groups in total. The molecule has 0 bridgehead atoms. The Morgan fingerprint density at radius 3 is 2.62 bits per heavy atom. The Morgan fingerprint density at radius 1 is 1.15 bits per heavy atom. The number of nitrogens with zero attached hydrogens (tertiary/aromatic N) is 2. The molecule has 134 valence electrons. The van der Waals surface area contributed by atoms with E-state index in [1.54, 1.807) is 31.2 Å². The molecule has 0 aliphatic heterocycles. The first kappa shape index (κ1) is 17.7. The van der Waals surface area contributed by atoms with Crippen LogP contribution in [-0.2, 0) is 17.5 Å². The molecular weight excluding hydrogens is 347 g/mol. The number of fused-ring (bicyclic) bond motifs is 1. The van der Waals surface area contributed by atoms with Crippen molar-refractivity contribution in [2.75, 3.05) is 5.32 Å². The maximum absolute atomic E-state index is 12.7. The van der Waals surface area contributed by atoms with Crippen LogP contribution in [0, 0.1) is 6.92 Å². The van der Waals surface area contributed by atoms with Crippen LogP contribution in [0.5, 0.6) is 0 Å². The topological polar surface area (TPSA) is 64.0 Å². The summed E-state index contributed by atoms with van der Waals surface area (Å²) in [5.41, 5.74) is -0.725. The minimum atomic E-state index is -4.50. The first-order valence-electron chi connectivity index (χ1n) is 7.69. The van der Waals surface area contributed by atoms with Gasteiger partial charge in [-0.05, 0) is 37.3 Å². The van der Waals surface area contributed by atoms with Crippen LogP contribution in [0.3, 0.4) is 0 Å². The van der Waals surface area contributed by atoms with E-state index in [4.69, 9.17) is 0 Å². The fourth-order valence-corrected chi connectivity index (χ4v) is 2.58.